The molecule has 0 N–H and O–H groups in total. The standard InChI is InChI=1S/C18H31N3O/c1-7-9-14(3)21(16(22)11-18(4,5)6)17-19-12-15(10-8-2)13-20-17/h12-14H,7-11H2,1-6H3. The van der Waals surface area contributed by atoms with Gasteiger partial charge in [0.1, 0.15) is 0 Å². The van der Waals surface area contributed by atoms with Crippen molar-refractivity contribution in [3.63, 3.8) is 0 Å². The first-order valence-electron chi connectivity index (χ1n) is 8.41. The van der Waals surface area contributed by atoms with Crippen molar-refractivity contribution in [2.24, 2.45) is 5.41 Å². The Balaban J connectivity index is 3.01. The van der Waals surface area contributed by atoms with E-state index in [1.54, 1.807) is 4.90 Å². The molecule has 4 nitrogen and oxygen atoms in total. The zero-order valence-electron chi connectivity index (χ0n) is 15.0. The monoisotopic (exact) mass is 305 g/mol. The third-order valence-electron chi connectivity index (χ3n) is 3.54. The van der Waals surface area contributed by atoms with E-state index >= 15 is 0 Å². The van der Waals surface area contributed by atoms with E-state index in [1.165, 1.54) is 0 Å². The van der Waals surface area contributed by atoms with Crippen LogP contribution in [0.2, 0.25) is 0 Å². The zero-order chi connectivity index (χ0) is 16.8. The van der Waals surface area contributed by atoms with Crippen molar-refractivity contribution in [3.8, 4) is 0 Å². The number of hydrogen-bond acceptors (Lipinski definition) is 3. The molecule has 0 aromatic carbocycles. The van der Waals surface area contributed by atoms with Crippen LogP contribution in [-0.2, 0) is 11.2 Å². The number of nitrogens with zero attached hydrogens (tertiary/aromatic N) is 3. The largest absolute Gasteiger partial charge is 0.278 e. The quantitative estimate of drug-likeness (QED) is 0.750. The summed E-state index contributed by atoms with van der Waals surface area (Å²) in [5.74, 6) is 0.645. The van der Waals surface area contributed by atoms with E-state index in [9.17, 15) is 4.79 Å². The normalized spacial score (nSPS) is 13.0. The predicted molar refractivity (Wildman–Crippen MR) is 92.0 cm³/mol. The Bertz CT molecular complexity index is 462. The molecule has 1 aromatic heterocycles. The lowest BCUT2D eigenvalue weighted by Gasteiger charge is -2.30. The van der Waals surface area contributed by atoms with Crippen molar-refractivity contribution in [1.82, 2.24) is 9.97 Å². The van der Waals surface area contributed by atoms with Gasteiger partial charge in [-0.3, -0.25) is 9.69 Å². The third kappa shape index (κ3) is 5.74. The summed E-state index contributed by atoms with van der Waals surface area (Å²) in [7, 11) is 0. The van der Waals surface area contributed by atoms with Gasteiger partial charge in [-0.05, 0) is 30.7 Å². The fraction of sp³-hybridized carbons (Fsp3) is 0.722. The van der Waals surface area contributed by atoms with Crippen LogP contribution >= 0.6 is 0 Å². The van der Waals surface area contributed by atoms with Gasteiger partial charge in [-0.15, -0.1) is 0 Å². The van der Waals surface area contributed by atoms with Crippen LogP contribution in [0.3, 0.4) is 0 Å². The highest BCUT2D eigenvalue weighted by molar-refractivity contribution is 5.92. The van der Waals surface area contributed by atoms with Crippen molar-refractivity contribution in [1.29, 1.82) is 0 Å². The van der Waals surface area contributed by atoms with Crippen molar-refractivity contribution in [2.45, 2.75) is 79.7 Å². The van der Waals surface area contributed by atoms with Gasteiger partial charge in [0, 0.05) is 24.9 Å². The number of carbonyl (C=O) groups is 1. The molecule has 0 spiro atoms. The lowest BCUT2D eigenvalue weighted by Crippen LogP contribution is -2.41. The van der Waals surface area contributed by atoms with Gasteiger partial charge in [0.15, 0.2) is 0 Å². The lowest BCUT2D eigenvalue weighted by atomic mass is 9.91. The smallest absolute Gasteiger partial charge is 0.232 e. The molecule has 1 heterocycles. The van der Waals surface area contributed by atoms with E-state index in [2.05, 4.69) is 51.5 Å². The van der Waals surface area contributed by atoms with E-state index in [0.717, 1.165) is 31.2 Å². The van der Waals surface area contributed by atoms with Crippen LogP contribution in [0.15, 0.2) is 12.4 Å². The Hall–Kier alpha value is -1.45. The van der Waals surface area contributed by atoms with E-state index in [-0.39, 0.29) is 17.4 Å². The summed E-state index contributed by atoms with van der Waals surface area (Å²) in [6.45, 7) is 12.6. The van der Waals surface area contributed by atoms with E-state index in [0.29, 0.717) is 12.4 Å². The summed E-state index contributed by atoms with van der Waals surface area (Å²) < 4.78 is 0. The van der Waals surface area contributed by atoms with Crippen molar-refractivity contribution in [2.75, 3.05) is 4.90 Å². The van der Waals surface area contributed by atoms with Crippen molar-refractivity contribution < 1.29 is 4.79 Å². The second-order valence-corrected chi connectivity index (χ2v) is 7.28. The van der Waals surface area contributed by atoms with Gasteiger partial charge in [0.2, 0.25) is 11.9 Å². The Labute approximate surface area is 135 Å². The molecule has 1 rings (SSSR count). The predicted octanol–water partition coefficient (Wildman–Crippen LogP) is 4.39. The van der Waals surface area contributed by atoms with Gasteiger partial charge in [-0.2, -0.15) is 0 Å². The minimum atomic E-state index is -0.0383. The fourth-order valence-electron chi connectivity index (χ4n) is 2.53. The molecule has 0 aliphatic carbocycles. The molecule has 1 atom stereocenters. The molecule has 0 radical (unpaired) electrons. The third-order valence-corrected chi connectivity index (χ3v) is 3.54. The van der Waals surface area contributed by atoms with Gasteiger partial charge in [-0.25, -0.2) is 9.97 Å². The average Bonchev–Trinajstić information content (AvgIpc) is 2.39. The molecule has 0 saturated heterocycles. The summed E-state index contributed by atoms with van der Waals surface area (Å²) in [5, 5.41) is 0. The van der Waals surface area contributed by atoms with Gasteiger partial charge < -0.3 is 0 Å². The molecule has 0 fully saturated rings. The minimum Gasteiger partial charge on any atom is -0.278 e. The maximum absolute atomic E-state index is 12.7. The molecule has 1 amide bonds. The first-order chi connectivity index (χ1) is 10.3. The molecule has 124 valence electrons. The Morgan fingerprint density at radius 3 is 2.23 bits per heavy atom. The average molecular weight is 305 g/mol. The lowest BCUT2D eigenvalue weighted by molar-refractivity contribution is -0.120. The van der Waals surface area contributed by atoms with Gasteiger partial charge in [-0.1, -0.05) is 47.5 Å². The van der Waals surface area contributed by atoms with Crippen molar-refractivity contribution in [3.05, 3.63) is 18.0 Å². The molecule has 0 aliphatic rings. The maximum atomic E-state index is 12.7. The molecule has 1 unspecified atom stereocenters. The topological polar surface area (TPSA) is 46.1 Å². The van der Waals surface area contributed by atoms with Crippen molar-refractivity contribution >= 4 is 11.9 Å². The first kappa shape index (κ1) is 18.6. The van der Waals surface area contributed by atoms with Crippen LogP contribution in [0.1, 0.15) is 72.8 Å². The highest BCUT2D eigenvalue weighted by Crippen LogP contribution is 2.24. The van der Waals surface area contributed by atoms with E-state index in [4.69, 9.17) is 0 Å². The van der Waals surface area contributed by atoms with Crippen LogP contribution in [-0.4, -0.2) is 21.9 Å². The molecule has 4 heteroatoms. The maximum Gasteiger partial charge on any atom is 0.232 e. The molecule has 1 aromatic rings. The molecule has 22 heavy (non-hydrogen) atoms. The van der Waals surface area contributed by atoms with Crippen LogP contribution in [0, 0.1) is 5.41 Å². The number of carbonyl (C=O) groups excluding carboxylic acids is 1. The van der Waals surface area contributed by atoms with Crippen LogP contribution in [0.5, 0.6) is 0 Å². The Morgan fingerprint density at radius 1 is 1.18 bits per heavy atom. The van der Waals surface area contributed by atoms with E-state index < -0.39 is 0 Å². The number of rotatable bonds is 7. The molecule has 0 aliphatic heterocycles. The van der Waals surface area contributed by atoms with Gasteiger partial charge in [0.05, 0.1) is 0 Å². The van der Waals surface area contributed by atoms with Crippen LogP contribution in [0.4, 0.5) is 5.95 Å². The highest BCUT2D eigenvalue weighted by atomic mass is 16.2. The molecule has 0 bridgehead atoms. The number of aryl methyl sites for hydroxylation is 1. The Morgan fingerprint density at radius 2 is 1.77 bits per heavy atom. The first-order valence-corrected chi connectivity index (χ1v) is 8.41. The number of anilines is 1. The summed E-state index contributed by atoms with van der Waals surface area (Å²) >= 11 is 0. The van der Waals surface area contributed by atoms with Gasteiger partial charge >= 0.3 is 0 Å². The summed E-state index contributed by atoms with van der Waals surface area (Å²) in [6, 6.07) is 0.122. The molecular weight excluding hydrogens is 274 g/mol. The van der Waals surface area contributed by atoms with Crippen LogP contribution < -0.4 is 4.90 Å². The zero-order valence-corrected chi connectivity index (χ0v) is 15.0. The fourth-order valence-corrected chi connectivity index (χ4v) is 2.53. The molecule has 0 saturated carbocycles. The SMILES string of the molecule is CCCc1cnc(N(C(=O)CC(C)(C)C)C(C)CCC)nc1. The van der Waals surface area contributed by atoms with E-state index in [1.807, 2.05) is 12.4 Å². The van der Waals surface area contributed by atoms with Crippen LogP contribution in [0.25, 0.3) is 0 Å². The number of aromatic nitrogens is 2. The number of amides is 1. The van der Waals surface area contributed by atoms with Gasteiger partial charge in [0.25, 0.3) is 0 Å². The highest BCUT2D eigenvalue weighted by Gasteiger charge is 2.27. The number of hydrogen-bond donors (Lipinski definition) is 0. The Kier molecular flexibility index (Phi) is 6.98. The second-order valence-electron chi connectivity index (χ2n) is 7.28. The summed E-state index contributed by atoms with van der Waals surface area (Å²) in [6.07, 6.45) is 8.23. The summed E-state index contributed by atoms with van der Waals surface area (Å²) in [4.78, 5) is 23.4. The summed E-state index contributed by atoms with van der Waals surface area (Å²) in [5.41, 5.74) is 1.08. The minimum absolute atomic E-state index is 0.0383. The second kappa shape index (κ2) is 8.25. The molecular formula is C18H31N3O.